The quantitative estimate of drug-likeness (QED) is 0.0261. The van der Waals surface area contributed by atoms with Crippen LogP contribution in [0.15, 0.2) is 146 Å². The smallest absolute Gasteiger partial charge is 0.306 e. The summed E-state index contributed by atoms with van der Waals surface area (Å²) in [6.45, 7) is 6.47. The predicted molar refractivity (Wildman–Crippen MR) is 357 cm³/mol. The van der Waals surface area contributed by atoms with E-state index >= 15 is 0 Å². The molecule has 0 fully saturated rings. The van der Waals surface area contributed by atoms with Gasteiger partial charge in [-0.2, -0.15) is 0 Å². The van der Waals surface area contributed by atoms with Crippen LogP contribution in [0, 0.1) is 0 Å². The van der Waals surface area contributed by atoms with Crippen molar-refractivity contribution in [2.75, 3.05) is 13.2 Å². The summed E-state index contributed by atoms with van der Waals surface area (Å²) in [6, 6.07) is 0. The van der Waals surface area contributed by atoms with Crippen molar-refractivity contribution < 1.29 is 28.6 Å². The molecule has 0 amide bonds. The number of carbonyl (C=O) groups excluding carboxylic acids is 3. The number of hydrogen-bond donors (Lipinski definition) is 0. The second-order valence-electron chi connectivity index (χ2n) is 22.0. The van der Waals surface area contributed by atoms with Gasteiger partial charge in [0.25, 0.3) is 0 Å². The maximum atomic E-state index is 12.9. The zero-order valence-electron chi connectivity index (χ0n) is 53.2. The van der Waals surface area contributed by atoms with Crippen LogP contribution in [0.1, 0.15) is 297 Å². The van der Waals surface area contributed by atoms with E-state index in [1.54, 1.807) is 0 Å². The Morgan fingerprint density at radius 2 is 0.476 bits per heavy atom. The molecule has 82 heavy (non-hydrogen) atoms. The third-order valence-corrected chi connectivity index (χ3v) is 14.1. The fourth-order valence-electron chi connectivity index (χ4n) is 9.03. The molecule has 0 aliphatic carbocycles. The lowest BCUT2D eigenvalue weighted by atomic mass is 10.1. The largest absolute Gasteiger partial charge is 0.462 e. The predicted octanol–water partition coefficient (Wildman–Crippen LogP) is 23.5. The van der Waals surface area contributed by atoms with Crippen LogP contribution in [-0.2, 0) is 28.6 Å². The number of allylic oxidation sites excluding steroid dienone is 24. The van der Waals surface area contributed by atoms with Gasteiger partial charge in [0.05, 0.1) is 0 Å². The molecular weight excluding hydrogens is 1010 g/mol. The third-order valence-electron chi connectivity index (χ3n) is 14.1. The van der Waals surface area contributed by atoms with E-state index in [2.05, 4.69) is 167 Å². The van der Waals surface area contributed by atoms with Gasteiger partial charge in [-0.1, -0.05) is 295 Å². The molecule has 0 aromatic rings. The van der Waals surface area contributed by atoms with Crippen LogP contribution < -0.4 is 0 Å². The van der Waals surface area contributed by atoms with Gasteiger partial charge in [-0.25, -0.2) is 0 Å². The Balaban J connectivity index is 4.25. The molecule has 0 saturated heterocycles. The summed E-state index contributed by atoms with van der Waals surface area (Å²) in [4.78, 5) is 38.2. The summed E-state index contributed by atoms with van der Waals surface area (Å²) >= 11 is 0. The lowest BCUT2D eigenvalue weighted by Crippen LogP contribution is -2.30. The molecule has 0 aliphatic heterocycles. The molecule has 0 radical (unpaired) electrons. The van der Waals surface area contributed by atoms with Gasteiger partial charge in [-0.05, 0) is 128 Å². The summed E-state index contributed by atoms with van der Waals surface area (Å²) in [6.07, 6.45) is 98.7. The molecule has 1 unspecified atom stereocenters. The minimum absolute atomic E-state index is 0.0900. The molecule has 6 nitrogen and oxygen atoms in total. The van der Waals surface area contributed by atoms with Crippen molar-refractivity contribution in [2.45, 2.75) is 303 Å². The topological polar surface area (TPSA) is 78.9 Å². The Bertz CT molecular complexity index is 1780. The van der Waals surface area contributed by atoms with Crippen LogP contribution >= 0.6 is 0 Å². The van der Waals surface area contributed by atoms with E-state index in [0.717, 1.165) is 154 Å². The highest BCUT2D eigenvalue weighted by Gasteiger charge is 2.19. The van der Waals surface area contributed by atoms with Gasteiger partial charge in [0.15, 0.2) is 6.10 Å². The van der Waals surface area contributed by atoms with E-state index in [0.29, 0.717) is 19.3 Å². The Hall–Kier alpha value is -4.71. The molecule has 0 rings (SSSR count). The molecule has 0 saturated carbocycles. The van der Waals surface area contributed by atoms with Gasteiger partial charge in [0.2, 0.25) is 0 Å². The first-order valence-corrected chi connectivity index (χ1v) is 33.8. The van der Waals surface area contributed by atoms with Gasteiger partial charge in [-0.3, -0.25) is 14.4 Å². The van der Waals surface area contributed by atoms with Crippen LogP contribution in [0.5, 0.6) is 0 Å². The van der Waals surface area contributed by atoms with Crippen LogP contribution in [0.2, 0.25) is 0 Å². The maximum absolute atomic E-state index is 12.9. The standard InChI is InChI=1S/C76H124O6/c1-4-7-10-13-16-19-21-23-25-27-29-31-33-34-35-36-37-38-39-40-41-42-44-45-47-49-51-53-55-57-60-63-66-69-75(78)81-72-73(71-80-74(77)68-65-62-59-18-15-12-9-6-3)82-76(79)70-67-64-61-58-56-54-52-50-48-46-43-32-30-28-26-24-22-20-17-14-11-8-5-2/h7,10,16,19,22-25,28-31,34-35,37-38,40-41,43-46,49,51,73H,4-6,8-9,11-15,17-18,20-21,26-27,32-33,36,39,42,47-48,50,52-72H2,1-3H3/b10-7-,19-16-,24-22-,25-23-,30-28-,31-29-,35-34-,38-37-,41-40-,45-44-,46-43-,51-49-. The normalized spacial score (nSPS) is 13.1. The lowest BCUT2D eigenvalue weighted by molar-refractivity contribution is -0.167. The monoisotopic (exact) mass is 1130 g/mol. The zero-order chi connectivity index (χ0) is 59.2. The van der Waals surface area contributed by atoms with E-state index in [-0.39, 0.29) is 31.1 Å². The van der Waals surface area contributed by atoms with Crippen molar-refractivity contribution in [3.63, 3.8) is 0 Å². The first kappa shape index (κ1) is 77.3. The maximum Gasteiger partial charge on any atom is 0.306 e. The van der Waals surface area contributed by atoms with Gasteiger partial charge in [0.1, 0.15) is 13.2 Å². The highest BCUT2D eigenvalue weighted by molar-refractivity contribution is 5.71. The molecule has 0 N–H and O–H groups in total. The van der Waals surface area contributed by atoms with Crippen molar-refractivity contribution in [1.82, 2.24) is 0 Å². The molecule has 0 bridgehead atoms. The highest BCUT2D eigenvalue weighted by atomic mass is 16.6. The number of carbonyl (C=O) groups is 3. The first-order chi connectivity index (χ1) is 40.5. The average Bonchev–Trinajstić information content (AvgIpc) is 3.47. The molecular formula is C76H124O6. The van der Waals surface area contributed by atoms with Gasteiger partial charge >= 0.3 is 17.9 Å². The molecule has 0 aliphatic rings. The van der Waals surface area contributed by atoms with Crippen LogP contribution in [0.3, 0.4) is 0 Å². The molecule has 6 heteroatoms. The molecule has 0 aromatic heterocycles. The summed E-state index contributed by atoms with van der Waals surface area (Å²) in [5.74, 6) is -0.920. The SMILES string of the molecule is CC/C=C\C/C=C\C/C=C\C/C=C\C/C=C\C/C=C\C/C=C\C/C=C\C/C=C\CCCCCCCC(=O)OCC(COC(=O)CCCCCCCCCC)OC(=O)CCCCCCCCCC/C=C\C/C=C\C/C=C\CCCCCCC. The fraction of sp³-hybridized carbons (Fsp3) is 0.645. The average molecular weight is 1130 g/mol. The van der Waals surface area contributed by atoms with Crippen LogP contribution in [0.4, 0.5) is 0 Å². The number of esters is 3. The Morgan fingerprint density at radius 3 is 0.744 bits per heavy atom. The highest BCUT2D eigenvalue weighted by Crippen LogP contribution is 2.15. The summed E-state index contributed by atoms with van der Waals surface area (Å²) in [5, 5.41) is 0. The molecule has 464 valence electrons. The van der Waals surface area contributed by atoms with Gasteiger partial charge < -0.3 is 14.2 Å². The summed E-state index contributed by atoms with van der Waals surface area (Å²) < 4.78 is 16.9. The number of hydrogen-bond acceptors (Lipinski definition) is 6. The van der Waals surface area contributed by atoms with E-state index in [1.807, 2.05) is 0 Å². The summed E-state index contributed by atoms with van der Waals surface area (Å²) in [7, 11) is 0. The minimum Gasteiger partial charge on any atom is -0.462 e. The Labute approximate surface area is 506 Å². The van der Waals surface area contributed by atoms with Crippen molar-refractivity contribution in [1.29, 1.82) is 0 Å². The van der Waals surface area contributed by atoms with Crippen LogP contribution in [-0.4, -0.2) is 37.2 Å². The van der Waals surface area contributed by atoms with E-state index in [4.69, 9.17) is 14.2 Å². The van der Waals surface area contributed by atoms with E-state index in [1.165, 1.54) is 103 Å². The lowest BCUT2D eigenvalue weighted by Gasteiger charge is -2.18. The number of unbranched alkanes of at least 4 members (excludes halogenated alkanes) is 25. The fourth-order valence-corrected chi connectivity index (χ4v) is 9.03. The van der Waals surface area contributed by atoms with E-state index < -0.39 is 6.10 Å². The second kappa shape index (κ2) is 68.8. The summed E-state index contributed by atoms with van der Waals surface area (Å²) in [5.41, 5.74) is 0. The van der Waals surface area contributed by atoms with Crippen LogP contribution in [0.25, 0.3) is 0 Å². The molecule has 1 atom stereocenters. The molecule has 0 spiro atoms. The second-order valence-corrected chi connectivity index (χ2v) is 22.0. The third kappa shape index (κ3) is 66.1. The Morgan fingerprint density at radius 1 is 0.256 bits per heavy atom. The van der Waals surface area contributed by atoms with Crippen molar-refractivity contribution >= 4 is 17.9 Å². The molecule has 0 heterocycles. The van der Waals surface area contributed by atoms with Gasteiger partial charge in [0, 0.05) is 19.3 Å². The number of rotatable bonds is 60. The van der Waals surface area contributed by atoms with E-state index in [9.17, 15) is 14.4 Å². The van der Waals surface area contributed by atoms with Crippen molar-refractivity contribution in [2.24, 2.45) is 0 Å². The first-order valence-electron chi connectivity index (χ1n) is 33.8. The van der Waals surface area contributed by atoms with Crippen molar-refractivity contribution in [3.05, 3.63) is 146 Å². The zero-order valence-corrected chi connectivity index (χ0v) is 53.2. The molecule has 0 aromatic carbocycles. The van der Waals surface area contributed by atoms with Gasteiger partial charge in [-0.15, -0.1) is 0 Å². The van der Waals surface area contributed by atoms with Crippen molar-refractivity contribution in [3.8, 4) is 0 Å². The number of ether oxygens (including phenoxy) is 3. The minimum atomic E-state index is -0.794. The Kier molecular flexibility index (Phi) is 64.8.